The molecule has 0 aliphatic heterocycles. The first kappa shape index (κ1) is 12.2. The number of hydrogen-bond acceptors (Lipinski definition) is 3. The Balaban J connectivity index is 2.37. The lowest BCUT2D eigenvalue weighted by atomic mass is 10.1. The summed E-state index contributed by atoms with van der Waals surface area (Å²) < 4.78 is 28.0. The summed E-state index contributed by atoms with van der Waals surface area (Å²) in [6.07, 6.45) is 0. The maximum Gasteiger partial charge on any atom is 0.337 e. The lowest BCUT2D eigenvalue weighted by Crippen LogP contribution is -2.05. The second kappa shape index (κ2) is 4.37. The molecule has 0 amide bonds. The number of aromatic nitrogens is 3. The zero-order valence-corrected chi connectivity index (χ0v) is 9.92. The molecule has 1 heterocycles. The summed E-state index contributed by atoms with van der Waals surface area (Å²) in [5.41, 5.74) is 0.121. The highest BCUT2D eigenvalue weighted by atomic mass is 19.1. The summed E-state index contributed by atoms with van der Waals surface area (Å²) in [4.78, 5) is 11.2. The number of nitrogens with zero attached hydrogens (tertiary/aromatic N) is 3. The molecule has 1 N–H and O–H groups in total. The van der Waals surface area contributed by atoms with Crippen molar-refractivity contribution < 1.29 is 18.7 Å². The molecule has 1 aromatic heterocycles. The number of hydrogen-bond donors (Lipinski definition) is 1. The number of rotatable bonds is 2. The summed E-state index contributed by atoms with van der Waals surface area (Å²) in [5.74, 6) is -2.58. The summed E-state index contributed by atoms with van der Waals surface area (Å²) in [7, 11) is 0. The van der Waals surface area contributed by atoms with E-state index in [0.29, 0.717) is 0 Å². The third kappa shape index (κ3) is 1.80. The number of para-hydroxylation sites is 1. The van der Waals surface area contributed by atoms with Crippen molar-refractivity contribution >= 4 is 17.0 Å². The average Bonchev–Trinajstić information content (AvgIpc) is 2.85. The number of aromatic carboxylic acids is 1. The van der Waals surface area contributed by atoms with Crippen molar-refractivity contribution in [3.05, 3.63) is 53.6 Å². The van der Waals surface area contributed by atoms with Gasteiger partial charge < -0.3 is 5.11 Å². The van der Waals surface area contributed by atoms with Crippen molar-refractivity contribution in [2.24, 2.45) is 0 Å². The van der Waals surface area contributed by atoms with E-state index in [2.05, 4.69) is 10.3 Å². The zero-order chi connectivity index (χ0) is 14.3. The van der Waals surface area contributed by atoms with E-state index < -0.39 is 17.6 Å². The smallest absolute Gasteiger partial charge is 0.337 e. The zero-order valence-electron chi connectivity index (χ0n) is 9.92. The minimum Gasteiger partial charge on any atom is -0.478 e. The Labute approximate surface area is 111 Å². The molecule has 0 radical (unpaired) electrons. The maximum atomic E-state index is 13.8. The van der Waals surface area contributed by atoms with Gasteiger partial charge in [-0.2, -0.15) is 0 Å². The summed E-state index contributed by atoms with van der Waals surface area (Å²) in [5, 5.41) is 16.6. The van der Waals surface area contributed by atoms with E-state index >= 15 is 0 Å². The first-order chi connectivity index (χ1) is 9.58. The average molecular weight is 275 g/mol. The quantitative estimate of drug-likeness (QED) is 0.779. The number of carbonyl (C=O) groups is 1. The van der Waals surface area contributed by atoms with E-state index in [1.165, 1.54) is 12.1 Å². The van der Waals surface area contributed by atoms with Crippen LogP contribution in [0.2, 0.25) is 0 Å². The second-order valence-electron chi connectivity index (χ2n) is 4.08. The Morgan fingerprint density at radius 2 is 2.00 bits per heavy atom. The Morgan fingerprint density at radius 1 is 1.20 bits per heavy atom. The summed E-state index contributed by atoms with van der Waals surface area (Å²) >= 11 is 0. The van der Waals surface area contributed by atoms with Crippen LogP contribution >= 0.6 is 0 Å². The number of benzene rings is 2. The van der Waals surface area contributed by atoms with Crippen molar-refractivity contribution in [3.8, 4) is 5.69 Å². The molecule has 3 rings (SSSR count). The number of carboxylic acids is 1. The number of halogens is 2. The van der Waals surface area contributed by atoms with Gasteiger partial charge in [0.25, 0.3) is 0 Å². The normalized spacial score (nSPS) is 10.9. The van der Waals surface area contributed by atoms with Crippen LogP contribution in [0.4, 0.5) is 8.78 Å². The van der Waals surface area contributed by atoms with Crippen LogP contribution in [-0.4, -0.2) is 26.1 Å². The first-order valence-electron chi connectivity index (χ1n) is 5.61. The third-order valence-corrected chi connectivity index (χ3v) is 2.84. The maximum absolute atomic E-state index is 13.8. The molecular weight excluding hydrogens is 268 g/mol. The molecule has 0 saturated carbocycles. The topological polar surface area (TPSA) is 68.0 Å². The third-order valence-electron chi connectivity index (χ3n) is 2.84. The Hall–Kier alpha value is -2.83. The molecule has 7 heteroatoms. The van der Waals surface area contributed by atoms with Crippen LogP contribution < -0.4 is 0 Å². The molecule has 0 bridgehead atoms. The molecule has 20 heavy (non-hydrogen) atoms. The highest BCUT2D eigenvalue weighted by Crippen LogP contribution is 2.22. The fourth-order valence-corrected chi connectivity index (χ4v) is 1.96. The van der Waals surface area contributed by atoms with Crippen LogP contribution in [0, 0.1) is 11.6 Å². The predicted molar refractivity (Wildman–Crippen MR) is 65.7 cm³/mol. The van der Waals surface area contributed by atoms with Crippen LogP contribution in [-0.2, 0) is 0 Å². The highest BCUT2D eigenvalue weighted by molar-refractivity contribution is 6.01. The van der Waals surface area contributed by atoms with Crippen LogP contribution in [0.3, 0.4) is 0 Å². The lowest BCUT2D eigenvalue weighted by molar-refractivity contribution is 0.0698. The van der Waals surface area contributed by atoms with Gasteiger partial charge in [-0.1, -0.05) is 11.3 Å². The molecule has 3 aromatic rings. The van der Waals surface area contributed by atoms with Gasteiger partial charge in [-0.05, 0) is 24.3 Å². The van der Waals surface area contributed by atoms with Crippen LogP contribution in [0.5, 0.6) is 0 Å². The van der Waals surface area contributed by atoms with Crippen molar-refractivity contribution in [1.29, 1.82) is 0 Å². The second-order valence-corrected chi connectivity index (χ2v) is 4.08. The van der Waals surface area contributed by atoms with Crippen LogP contribution in [0.25, 0.3) is 16.7 Å². The Bertz CT molecular complexity index is 830. The van der Waals surface area contributed by atoms with Crippen molar-refractivity contribution in [3.63, 3.8) is 0 Å². The molecule has 5 nitrogen and oxygen atoms in total. The monoisotopic (exact) mass is 275 g/mol. The predicted octanol–water partition coefficient (Wildman–Crippen LogP) is 2.40. The molecule has 0 unspecified atom stereocenters. The molecule has 2 aromatic carbocycles. The Morgan fingerprint density at radius 3 is 2.75 bits per heavy atom. The molecule has 0 aliphatic carbocycles. The first-order valence-corrected chi connectivity index (χ1v) is 5.61. The van der Waals surface area contributed by atoms with Gasteiger partial charge in [0, 0.05) is 6.07 Å². The molecule has 0 aliphatic rings. The molecule has 0 saturated heterocycles. The fraction of sp³-hybridized carbons (Fsp3) is 0. The van der Waals surface area contributed by atoms with E-state index in [0.717, 1.165) is 22.9 Å². The summed E-state index contributed by atoms with van der Waals surface area (Å²) in [6, 6.07) is 7.25. The van der Waals surface area contributed by atoms with E-state index in [1.807, 2.05) is 0 Å². The molecule has 0 fully saturated rings. The van der Waals surface area contributed by atoms with E-state index in [-0.39, 0.29) is 22.3 Å². The SMILES string of the molecule is O=C(O)c1cccc2nnn(-c3cc(F)ccc3F)c12. The largest absolute Gasteiger partial charge is 0.478 e. The van der Waals surface area contributed by atoms with Gasteiger partial charge in [0.2, 0.25) is 0 Å². The number of carboxylic acid groups (broad SMARTS) is 1. The van der Waals surface area contributed by atoms with Gasteiger partial charge in [-0.3, -0.25) is 0 Å². The Kier molecular flexibility index (Phi) is 2.67. The van der Waals surface area contributed by atoms with Gasteiger partial charge in [0.1, 0.15) is 28.4 Å². The minimum absolute atomic E-state index is 0.0869. The van der Waals surface area contributed by atoms with E-state index in [9.17, 15) is 13.6 Å². The molecular formula is C13H7F2N3O2. The molecule has 0 atom stereocenters. The van der Waals surface area contributed by atoms with Gasteiger partial charge in [0.15, 0.2) is 0 Å². The van der Waals surface area contributed by atoms with Gasteiger partial charge >= 0.3 is 5.97 Å². The van der Waals surface area contributed by atoms with Crippen LogP contribution in [0.1, 0.15) is 10.4 Å². The van der Waals surface area contributed by atoms with Gasteiger partial charge in [-0.25, -0.2) is 18.3 Å². The van der Waals surface area contributed by atoms with E-state index in [4.69, 9.17) is 5.11 Å². The van der Waals surface area contributed by atoms with Crippen LogP contribution in [0.15, 0.2) is 36.4 Å². The fourth-order valence-electron chi connectivity index (χ4n) is 1.96. The number of fused-ring (bicyclic) bond motifs is 1. The van der Waals surface area contributed by atoms with Gasteiger partial charge in [-0.15, -0.1) is 5.10 Å². The standard InChI is InChI=1S/C13H7F2N3O2/c14-7-4-5-9(15)11(6-7)18-12-8(13(19)20)2-1-3-10(12)16-17-18/h1-6H,(H,19,20). The molecule has 100 valence electrons. The highest BCUT2D eigenvalue weighted by Gasteiger charge is 2.17. The van der Waals surface area contributed by atoms with Gasteiger partial charge in [0.05, 0.1) is 5.56 Å². The van der Waals surface area contributed by atoms with Crippen molar-refractivity contribution in [1.82, 2.24) is 15.0 Å². The van der Waals surface area contributed by atoms with Crippen molar-refractivity contribution in [2.45, 2.75) is 0 Å². The minimum atomic E-state index is -1.20. The lowest BCUT2D eigenvalue weighted by Gasteiger charge is -2.05. The summed E-state index contributed by atoms with van der Waals surface area (Å²) in [6.45, 7) is 0. The van der Waals surface area contributed by atoms with E-state index in [1.54, 1.807) is 6.07 Å². The van der Waals surface area contributed by atoms with Crippen molar-refractivity contribution in [2.75, 3.05) is 0 Å². The molecule has 0 spiro atoms.